The average molecular weight is 408 g/mol. The molecule has 0 saturated carbocycles. The average Bonchev–Trinajstić information content (AvgIpc) is 2.41. The van der Waals surface area contributed by atoms with E-state index in [4.69, 9.17) is 5.73 Å². The Bertz CT molecular complexity index is 744. The van der Waals surface area contributed by atoms with Crippen LogP contribution in [-0.4, -0.2) is 30.8 Å². The lowest BCUT2D eigenvalue weighted by Gasteiger charge is -2.22. The number of thiocarbonyl (C=S) groups is 1. The number of nitrogens with zero attached hydrogens (tertiary/aromatic N) is 1. The molecular weight excluding hydrogens is 394 g/mol. The van der Waals surface area contributed by atoms with E-state index in [0.29, 0.717) is 4.31 Å². The van der Waals surface area contributed by atoms with Gasteiger partial charge in [0.1, 0.15) is 0 Å². The first-order valence-electron chi connectivity index (χ1n) is 6.72. The second-order valence-electron chi connectivity index (χ2n) is 5.02. The van der Waals surface area contributed by atoms with Gasteiger partial charge in [0, 0.05) is 6.54 Å². The maximum atomic E-state index is 13.0. The predicted molar refractivity (Wildman–Crippen MR) is 83.1 cm³/mol. The molecule has 0 spiro atoms. The maximum absolute atomic E-state index is 13.0. The maximum Gasteiger partial charge on any atom is 0.416 e. The molecule has 0 unspecified atom stereocenters. The third-order valence-electron chi connectivity index (χ3n) is 3.15. The molecule has 1 aromatic rings. The van der Waals surface area contributed by atoms with E-state index in [1.165, 1.54) is 6.92 Å². The first-order valence-corrected chi connectivity index (χ1v) is 8.73. The number of likely N-dealkylation sites (N-methyl/N-ethyl adjacent to an activating group) is 1. The normalized spacial score (nSPS) is 13.3. The van der Waals surface area contributed by atoms with Crippen LogP contribution in [-0.2, 0) is 28.1 Å². The van der Waals surface area contributed by atoms with Crippen LogP contribution in [0, 0.1) is 0 Å². The van der Waals surface area contributed by atoms with Gasteiger partial charge >= 0.3 is 12.4 Å². The molecule has 2 N–H and O–H groups in total. The Morgan fingerprint density at radius 1 is 1.16 bits per heavy atom. The van der Waals surface area contributed by atoms with Crippen LogP contribution in [0.25, 0.3) is 0 Å². The Morgan fingerprint density at radius 2 is 1.72 bits per heavy atom. The molecule has 1 aromatic carbocycles. The fourth-order valence-electron chi connectivity index (χ4n) is 2.03. The van der Waals surface area contributed by atoms with E-state index in [1.54, 1.807) is 0 Å². The Balaban J connectivity index is 3.40. The number of hydrogen-bond donors (Lipinski definition) is 1. The van der Waals surface area contributed by atoms with Crippen molar-refractivity contribution >= 4 is 27.2 Å². The number of benzene rings is 1. The number of rotatable bonds is 6. The summed E-state index contributed by atoms with van der Waals surface area (Å²) < 4.78 is 103. The molecule has 1 rings (SSSR count). The van der Waals surface area contributed by atoms with Crippen LogP contribution in [0.4, 0.5) is 26.3 Å². The summed E-state index contributed by atoms with van der Waals surface area (Å²) in [6, 6.07) is 0.665. The Hall–Kier alpha value is -1.40. The zero-order chi connectivity index (χ0) is 19.6. The molecule has 0 radical (unpaired) electrons. The molecule has 0 aromatic heterocycles. The zero-order valence-corrected chi connectivity index (χ0v) is 14.4. The largest absolute Gasteiger partial charge is 0.416 e. The molecule has 0 aliphatic heterocycles. The summed E-state index contributed by atoms with van der Waals surface area (Å²) in [5, 5.41) is 0. The van der Waals surface area contributed by atoms with Crippen molar-refractivity contribution in [3.63, 3.8) is 0 Å². The van der Waals surface area contributed by atoms with E-state index < -0.39 is 51.4 Å². The quantitative estimate of drug-likeness (QED) is 0.580. The van der Waals surface area contributed by atoms with Crippen LogP contribution in [0.2, 0.25) is 0 Å². The Kier molecular flexibility index (Phi) is 6.46. The second-order valence-corrected chi connectivity index (χ2v) is 7.51. The number of alkyl halides is 6. The van der Waals surface area contributed by atoms with Gasteiger partial charge in [0.05, 0.1) is 28.4 Å². The van der Waals surface area contributed by atoms with Gasteiger partial charge in [0.2, 0.25) is 10.0 Å². The van der Waals surface area contributed by atoms with Gasteiger partial charge < -0.3 is 5.73 Å². The summed E-state index contributed by atoms with van der Waals surface area (Å²) in [6.07, 6.45) is -9.92. The van der Waals surface area contributed by atoms with Crippen molar-refractivity contribution in [2.75, 3.05) is 13.1 Å². The highest BCUT2D eigenvalue weighted by atomic mass is 32.2. The SMILES string of the molecule is CCN(CC(N)=S)S(=O)(=O)Cc1cc(C(F)(F)F)ccc1C(F)(F)F. The molecule has 4 nitrogen and oxygen atoms in total. The molecule has 142 valence electrons. The topological polar surface area (TPSA) is 63.4 Å². The summed E-state index contributed by atoms with van der Waals surface area (Å²) in [4.78, 5) is -0.217. The molecule has 0 atom stereocenters. The first kappa shape index (κ1) is 21.6. The van der Waals surface area contributed by atoms with Crippen LogP contribution in [0.3, 0.4) is 0 Å². The van der Waals surface area contributed by atoms with Crippen LogP contribution in [0.15, 0.2) is 18.2 Å². The molecule has 0 aliphatic carbocycles. The minimum absolute atomic E-state index is 0.153. The summed E-state index contributed by atoms with van der Waals surface area (Å²) in [6.45, 7) is 0.821. The van der Waals surface area contributed by atoms with Crippen LogP contribution in [0.5, 0.6) is 0 Å². The highest BCUT2D eigenvalue weighted by Crippen LogP contribution is 2.37. The molecule has 0 saturated heterocycles. The molecule has 0 heterocycles. The fraction of sp³-hybridized carbons (Fsp3) is 0.462. The highest BCUT2D eigenvalue weighted by Gasteiger charge is 2.38. The number of sulfonamides is 1. The van der Waals surface area contributed by atoms with Crippen LogP contribution in [0.1, 0.15) is 23.6 Å². The second kappa shape index (κ2) is 7.46. The van der Waals surface area contributed by atoms with Crippen LogP contribution < -0.4 is 5.73 Å². The molecule has 0 fully saturated rings. The lowest BCUT2D eigenvalue weighted by molar-refractivity contribution is -0.141. The third kappa shape index (κ3) is 5.82. The van der Waals surface area contributed by atoms with Gasteiger partial charge in [-0.05, 0) is 23.8 Å². The smallest absolute Gasteiger partial charge is 0.392 e. The monoisotopic (exact) mass is 408 g/mol. The van der Waals surface area contributed by atoms with Crippen molar-refractivity contribution in [1.29, 1.82) is 0 Å². The van der Waals surface area contributed by atoms with Crippen molar-refractivity contribution in [3.05, 3.63) is 34.9 Å². The fourth-order valence-corrected chi connectivity index (χ4v) is 3.82. The van der Waals surface area contributed by atoms with E-state index in [9.17, 15) is 34.8 Å². The summed E-state index contributed by atoms with van der Waals surface area (Å²) in [7, 11) is -4.37. The molecule has 12 heteroatoms. The van der Waals surface area contributed by atoms with E-state index in [-0.39, 0.29) is 29.7 Å². The molecule has 25 heavy (non-hydrogen) atoms. The number of hydrogen-bond acceptors (Lipinski definition) is 3. The first-order chi connectivity index (χ1) is 11.2. The third-order valence-corrected chi connectivity index (χ3v) is 5.13. The van der Waals surface area contributed by atoms with Crippen molar-refractivity contribution in [3.8, 4) is 0 Å². The minimum Gasteiger partial charge on any atom is -0.392 e. The van der Waals surface area contributed by atoms with Gasteiger partial charge in [0.15, 0.2) is 0 Å². The standard InChI is InChI=1S/C13H14F6N2O2S2/c1-2-21(6-11(20)24)25(22,23)7-8-5-9(12(14,15)16)3-4-10(8)13(17,18)19/h3-5H,2,6-7H2,1H3,(H2,20,24). The Morgan fingerprint density at radius 3 is 2.12 bits per heavy atom. The summed E-state index contributed by atoms with van der Waals surface area (Å²) >= 11 is 4.57. The molecule has 0 aliphatic rings. The van der Waals surface area contributed by atoms with E-state index >= 15 is 0 Å². The van der Waals surface area contributed by atoms with Gasteiger partial charge in [-0.15, -0.1) is 0 Å². The van der Waals surface area contributed by atoms with Crippen LogP contribution >= 0.6 is 12.2 Å². The number of halogens is 6. The van der Waals surface area contributed by atoms with E-state index in [2.05, 4.69) is 12.2 Å². The predicted octanol–water partition coefficient (Wildman–Crippen LogP) is 3.16. The highest BCUT2D eigenvalue weighted by molar-refractivity contribution is 7.88. The number of nitrogens with two attached hydrogens (primary N) is 1. The zero-order valence-electron chi connectivity index (χ0n) is 12.8. The van der Waals surface area contributed by atoms with Gasteiger partial charge in [-0.3, -0.25) is 0 Å². The van der Waals surface area contributed by atoms with Gasteiger partial charge in [-0.1, -0.05) is 19.1 Å². The van der Waals surface area contributed by atoms with Crippen molar-refractivity contribution < 1.29 is 34.8 Å². The van der Waals surface area contributed by atoms with Gasteiger partial charge in [-0.25, -0.2) is 8.42 Å². The van der Waals surface area contributed by atoms with Gasteiger partial charge in [-0.2, -0.15) is 30.6 Å². The van der Waals surface area contributed by atoms with Crippen molar-refractivity contribution in [1.82, 2.24) is 4.31 Å². The minimum atomic E-state index is -5.00. The summed E-state index contributed by atoms with van der Waals surface area (Å²) in [5.41, 5.74) is 1.42. The lowest BCUT2D eigenvalue weighted by atomic mass is 10.0. The van der Waals surface area contributed by atoms with Crippen molar-refractivity contribution in [2.24, 2.45) is 5.73 Å². The van der Waals surface area contributed by atoms with Gasteiger partial charge in [0.25, 0.3) is 0 Å². The van der Waals surface area contributed by atoms with E-state index in [0.717, 1.165) is 0 Å². The molecule has 0 bridgehead atoms. The molecular formula is C13H14F6N2O2S2. The van der Waals surface area contributed by atoms with E-state index in [1.807, 2.05) is 0 Å². The lowest BCUT2D eigenvalue weighted by Crippen LogP contribution is -2.38. The van der Waals surface area contributed by atoms with Crippen molar-refractivity contribution in [2.45, 2.75) is 25.0 Å². The summed E-state index contributed by atoms with van der Waals surface area (Å²) in [5.74, 6) is -1.26. The molecule has 0 amide bonds. The Labute approximate surface area is 145 Å².